The summed E-state index contributed by atoms with van der Waals surface area (Å²) in [5.74, 6) is -1.57. The molecule has 0 radical (unpaired) electrons. The number of piperidine rings is 1. The first-order valence-electron chi connectivity index (χ1n) is 14.0. The summed E-state index contributed by atoms with van der Waals surface area (Å²) in [4.78, 5) is 45.8. The molecule has 43 heavy (non-hydrogen) atoms. The Balaban J connectivity index is 1.37. The molecule has 3 aliphatic rings. The van der Waals surface area contributed by atoms with Gasteiger partial charge in [0.05, 0.1) is 28.6 Å². The van der Waals surface area contributed by atoms with Gasteiger partial charge in [0.2, 0.25) is 5.91 Å². The number of aromatic nitrogens is 3. The Morgan fingerprint density at radius 2 is 1.84 bits per heavy atom. The molecule has 1 fully saturated rings. The maximum absolute atomic E-state index is 14.5. The van der Waals surface area contributed by atoms with E-state index < -0.39 is 29.7 Å². The van der Waals surface area contributed by atoms with Gasteiger partial charge in [-0.05, 0) is 48.1 Å². The van der Waals surface area contributed by atoms with E-state index in [1.165, 1.54) is 6.20 Å². The maximum Gasteiger partial charge on any atom is 0.431 e. The lowest BCUT2D eigenvalue weighted by Gasteiger charge is -2.33. The Morgan fingerprint density at radius 3 is 2.58 bits per heavy atom. The van der Waals surface area contributed by atoms with E-state index in [0.29, 0.717) is 42.8 Å². The number of aliphatic hydroxyl groups is 1. The second kappa shape index (κ2) is 10.1. The van der Waals surface area contributed by atoms with E-state index in [1.807, 2.05) is 0 Å². The van der Waals surface area contributed by atoms with Crippen LogP contribution in [0.2, 0.25) is 0 Å². The molecule has 1 saturated heterocycles. The molecule has 0 saturated carbocycles. The maximum atomic E-state index is 14.5. The summed E-state index contributed by atoms with van der Waals surface area (Å²) in [5, 5.41) is 15.1. The molecular formula is C30H27F3N6O4. The van der Waals surface area contributed by atoms with Crippen LogP contribution in [0.1, 0.15) is 35.4 Å². The Labute approximate surface area is 242 Å². The number of benzene rings is 1. The van der Waals surface area contributed by atoms with E-state index >= 15 is 0 Å². The zero-order valence-electron chi connectivity index (χ0n) is 22.8. The normalized spacial score (nSPS) is 19.9. The van der Waals surface area contributed by atoms with Crippen LogP contribution in [0.25, 0.3) is 27.7 Å². The Bertz CT molecular complexity index is 1850. The first kappa shape index (κ1) is 27.3. The second-order valence-corrected chi connectivity index (χ2v) is 11.2. The molecule has 10 nitrogen and oxygen atoms in total. The third-order valence-electron chi connectivity index (χ3n) is 8.69. The van der Waals surface area contributed by atoms with Gasteiger partial charge in [-0.15, -0.1) is 0 Å². The number of likely N-dealkylation sites (tertiary alicyclic amines) is 1. The fourth-order valence-electron chi connectivity index (χ4n) is 6.51. The number of carbonyl (C=O) groups excluding carboxylic acids is 3. The highest BCUT2D eigenvalue weighted by Gasteiger charge is 2.41. The number of amides is 3. The number of aliphatic hydroxyl groups excluding tert-OH is 1. The van der Waals surface area contributed by atoms with Crippen LogP contribution in [-0.4, -0.2) is 67.4 Å². The van der Waals surface area contributed by atoms with Gasteiger partial charge in [-0.25, -0.2) is 4.98 Å². The van der Waals surface area contributed by atoms with Crippen molar-refractivity contribution in [3.05, 3.63) is 71.3 Å². The molecule has 3 aromatic heterocycles. The van der Waals surface area contributed by atoms with Gasteiger partial charge in [0.25, 0.3) is 11.8 Å². The minimum Gasteiger partial charge on any atom is -0.396 e. The number of imidazole rings is 1. The van der Waals surface area contributed by atoms with Gasteiger partial charge in [-0.2, -0.15) is 13.2 Å². The number of nitrogens with zero attached hydrogens (tertiary/aromatic N) is 4. The number of carbonyl (C=O) groups is 3. The average molecular weight is 593 g/mol. The molecule has 3 aliphatic heterocycles. The smallest absolute Gasteiger partial charge is 0.396 e. The highest BCUT2D eigenvalue weighted by molar-refractivity contribution is 6.49. The number of hydrogen-bond donors (Lipinski definition) is 3. The summed E-state index contributed by atoms with van der Waals surface area (Å²) >= 11 is 0. The summed E-state index contributed by atoms with van der Waals surface area (Å²) in [6, 6.07) is 8.53. The first-order chi connectivity index (χ1) is 20.7. The molecule has 222 valence electrons. The predicted octanol–water partition coefficient (Wildman–Crippen LogP) is 2.58. The molecule has 7 rings (SSSR count). The van der Waals surface area contributed by atoms with Crippen LogP contribution in [0.3, 0.4) is 0 Å². The molecule has 1 aromatic carbocycles. The Kier molecular flexibility index (Phi) is 6.40. The van der Waals surface area contributed by atoms with E-state index in [9.17, 15) is 32.7 Å². The zero-order chi connectivity index (χ0) is 30.0. The summed E-state index contributed by atoms with van der Waals surface area (Å²) in [6.45, 7) is 0.756. The number of nitrogens with one attached hydrogen (secondary N) is 2. The Morgan fingerprint density at radius 1 is 1.07 bits per heavy atom. The van der Waals surface area contributed by atoms with E-state index in [0.717, 1.165) is 10.6 Å². The van der Waals surface area contributed by atoms with Crippen molar-refractivity contribution in [1.29, 1.82) is 0 Å². The summed E-state index contributed by atoms with van der Waals surface area (Å²) in [6.07, 6.45) is -0.349. The monoisotopic (exact) mass is 592 g/mol. The number of imide groups is 1. The van der Waals surface area contributed by atoms with Crippen molar-refractivity contribution in [2.45, 2.75) is 38.1 Å². The average Bonchev–Trinajstić information content (AvgIpc) is 3.63. The minimum absolute atomic E-state index is 0.0198. The lowest BCUT2D eigenvalue weighted by atomic mass is 9.95. The van der Waals surface area contributed by atoms with Crippen molar-refractivity contribution in [2.75, 3.05) is 19.7 Å². The number of fused-ring (bicyclic) bond motifs is 1. The molecule has 13 heteroatoms. The molecule has 0 spiro atoms. The molecule has 4 aromatic rings. The first-order valence-corrected chi connectivity index (χ1v) is 14.0. The van der Waals surface area contributed by atoms with E-state index in [2.05, 4.69) is 15.6 Å². The highest BCUT2D eigenvalue weighted by Crippen LogP contribution is 2.41. The quantitative estimate of drug-likeness (QED) is 0.314. The van der Waals surface area contributed by atoms with Gasteiger partial charge in [0.15, 0.2) is 0 Å². The Hall–Kier alpha value is -4.49. The van der Waals surface area contributed by atoms with Gasteiger partial charge in [0, 0.05) is 44.4 Å². The molecular weight excluding hydrogens is 565 g/mol. The van der Waals surface area contributed by atoms with Crippen LogP contribution < -0.4 is 10.6 Å². The van der Waals surface area contributed by atoms with Gasteiger partial charge in [-0.3, -0.25) is 24.1 Å². The molecule has 1 unspecified atom stereocenters. The number of rotatable bonds is 4. The zero-order valence-corrected chi connectivity index (χ0v) is 22.8. The summed E-state index contributed by atoms with van der Waals surface area (Å²) in [7, 11) is 0. The number of halogens is 3. The standard InChI is InChI=1S/C30H27F3N6O4/c31-30(32,33)22-11-19-18(24-25(28(42)36-27(24)41)21-13-35-23-3-1-2-8-38(21)23)5-4-17-12-34-20(14-39(22)26(17)19)29(43)37-9-6-16(15-40)7-10-37/h1-5,8,11,13,16,20,34,40H,6-7,9-10,12,14-15H2,(H,36,41,42). The predicted molar refractivity (Wildman–Crippen MR) is 149 cm³/mol. The highest BCUT2D eigenvalue weighted by atomic mass is 19.4. The van der Waals surface area contributed by atoms with Crippen LogP contribution in [0.4, 0.5) is 13.2 Å². The molecule has 0 bridgehead atoms. The van der Waals surface area contributed by atoms with E-state index in [-0.39, 0.29) is 59.1 Å². The fourth-order valence-corrected chi connectivity index (χ4v) is 6.51. The molecule has 1 atom stereocenters. The topological polar surface area (TPSA) is 121 Å². The molecule has 3 amide bonds. The van der Waals surface area contributed by atoms with Crippen LogP contribution in [-0.2, 0) is 33.6 Å². The van der Waals surface area contributed by atoms with Crippen LogP contribution in [0, 0.1) is 5.92 Å². The number of alkyl halides is 3. The van der Waals surface area contributed by atoms with Gasteiger partial charge >= 0.3 is 6.18 Å². The van der Waals surface area contributed by atoms with Crippen molar-refractivity contribution >= 4 is 45.4 Å². The van der Waals surface area contributed by atoms with Crippen molar-refractivity contribution in [2.24, 2.45) is 5.92 Å². The lowest BCUT2D eigenvalue weighted by Crippen LogP contribution is -2.50. The molecule has 0 aliphatic carbocycles. The molecule has 6 heterocycles. The van der Waals surface area contributed by atoms with Crippen LogP contribution in [0.15, 0.2) is 48.8 Å². The van der Waals surface area contributed by atoms with Gasteiger partial charge < -0.3 is 19.9 Å². The van der Waals surface area contributed by atoms with Crippen molar-refractivity contribution in [3.63, 3.8) is 0 Å². The van der Waals surface area contributed by atoms with E-state index in [4.69, 9.17) is 0 Å². The SMILES string of the molecule is O=C1NC(=O)C(c2cnc3ccccn23)=C1c1ccc2c3c1cc(C(F)(F)F)n3CC(C(=O)N1CCC(CO)CC1)NC2. The minimum atomic E-state index is -4.75. The number of hydrogen-bond acceptors (Lipinski definition) is 6. The summed E-state index contributed by atoms with van der Waals surface area (Å²) < 4.78 is 46.3. The van der Waals surface area contributed by atoms with Gasteiger partial charge in [0.1, 0.15) is 17.4 Å². The third kappa shape index (κ3) is 4.41. The van der Waals surface area contributed by atoms with E-state index in [1.54, 1.807) is 45.8 Å². The molecule has 3 N–H and O–H groups in total. The second-order valence-electron chi connectivity index (χ2n) is 11.2. The fraction of sp³-hybridized carbons (Fsp3) is 0.333. The van der Waals surface area contributed by atoms with Gasteiger partial charge in [-0.1, -0.05) is 18.2 Å². The number of pyridine rings is 1. The third-order valence-corrected chi connectivity index (χ3v) is 8.69. The van der Waals surface area contributed by atoms with Crippen molar-refractivity contribution in [1.82, 2.24) is 29.5 Å². The van der Waals surface area contributed by atoms with Crippen LogP contribution >= 0.6 is 0 Å². The van der Waals surface area contributed by atoms with Crippen molar-refractivity contribution in [3.8, 4) is 0 Å². The van der Waals surface area contributed by atoms with Crippen molar-refractivity contribution < 1.29 is 32.7 Å². The largest absolute Gasteiger partial charge is 0.431 e. The lowest BCUT2D eigenvalue weighted by molar-refractivity contribution is -0.144. The summed E-state index contributed by atoms with van der Waals surface area (Å²) in [5.41, 5.74) is 0.880. The van der Waals surface area contributed by atoms with Crippen LogP contribution in [0.5, 0.6) is 0 Å².